The maximum absolute atomic E-state index is 13.3. The number of benzene rings is 2. The number of ether oxygens (including phenoxy) is 1. The lowest BCUT2D eigenvalue weighted by atomic mass is 10.0. The number of nitrogens with one attached hydrogen (secondary N) is 1. The molecule has 0 saturated carbocycles. The van der Waals surface area contributed by atoms with Crippen molar-refractivity contribution < 1.29 is 14.6 Å². The molecule has 7 nitrogen and oxygen atoms in total. The van der Waals surface area contributed by atoms with Gasteiger partial charge in [-0.1, -0.05) is 36.4 Å². The van der Waals surface area contributed by atoms with Gasteiger partial charge in [0, 0.05) is 25.7 Å². The number of anilines is 1. The number of methoxy groups -OCH3 is 1. The maximum Gasteiger partial charge on any atom is 0.342 e. The van der Waals surface area contributed by atoms with Crippen LogP contribution in [-0.2, 0) is 4.74 Å². The molecule has 0 amide bonds. The number of carbonyl (C=O) groups is 1. The highest BCUT2D eigenvalue weighted by Gasteiger charge is 2.26. The molecular weight excluding hydrogens is 382 g/mol. The lowest BCUT2D eigenvalue weighted by Gasteiger charge is -2.11. The molecule has 0 radical (unpaired) electrons. The fourth-order valence-corrected chi connectivity index (χ4v) is 3.74. The van der Waals surface area contributed by atoms with Crippen LogP contribution in [0.5, 0.6) is 0 Å². The number of aliphatic hydroxyl groups is 1. The van der Waals surface area contributed by atoms with E-state index in [1.165, 1.54) is 17.9 Å². The van der Waals surface area contributed by atoms with Gasteiger partial charge >= 0.3 is 5.97 Å². The Morgan fingerprint density at radius 2 is 1.87 bits per heavy atom. The van der Waals surface area contributed by atoms with Gasteiger partial charge in [-0.05, 0) is 23.3 Å². The molecule has 0 aliphatic carbocycles. The number of aliphatic hydroxyl groups excluding tert-OH is 1. The summed E-state index contributed by atoms with van der Waals surface area (Å²) in [5.41, 5.74) is 2.85. The fourth-order valence-electron chi connectivity index (χ4n) is 3.74. The molecule has 0 aliphatic heterocycles. The molecule has 2 aromatic heterocycles. The molecule has 0 fully saturated rings. The smallest absolute Gasteiger partial charge is 0.342 e. The number of hydrogen-bond donors (Lipinski definition) is 2. The van der Waals surface area contributed by atoms with E-state index in [0.717, 1.165) is 22.8 Å². The Morgan fingerprint density at radius 1 is 1.13 bits per heavy atom. The van der Waals surface area contributed by atoms with Gasteiger partial charge in [0.25, 0.3) is 5.56 Å². The van der Waals surface area contributed by atoms with Crippen LogP contribution < -0.4 is 10.5 Å². The minimum Gasteiger partial charge on any atom is -0.514 e. The predicted octanol–water partition coefficient (Wildman–Crippen LogP) is 3.99. The summed E-state index contributed by atoms with van der Waals surface area (Å²) in [6.07, 6.45) is 2.07. The van der Waals surface area contributed by atoms with Gasteiger partial charge in [0.15, 0.2) is 0 Å². The molecule has 0 atom stereocenters. The summed E-state index contributed by atoms with van der Waals surface area (Å²) in [7, 11) is 4.84. The Morgan fingerprint density at radius 3 is 2.50 bits per heavy atom. The first kappa shape index (κ1) is 19.3. The van der Waals surface area contributed by atoms with Gasteiger partial charge in [-0.25, -0.2) is 4.79 Å². The van der Waals surface area contributed by atoms with Crippen molar-refractivity contribution in [1.29, 1.82) is 0 Å². The Labute approximate surface area is 172 Å². The number of H-pyrrole nitrogens is 1. The van der Waals surface area contributed by atoms with Crippen molar-refractivity contribution in [2.75, 3.05) is 26.1 Å². The second kappa shape index (κ2) is 7.44. The van der Waals surface area contributed by atoms with Crippen molar-refractivity contribution in [1.82, 2.24) is 9.55 Å². The number of hydrogen-bond acceptors (Lipinski definition) is 5. The van der Waals surface area contributed by atoms with Crippen LogP contribution in [0.2, 0.25) is 0 Å². The molecule has 2 heterocycles. The summed E-state index contributed by atoms with van der Waals surface area (Å²) in [5.74, 6) is -0.133. The van der Waals surface area contributed by atoms with Crippen LogP contribution in [0, 0.1) is 0 Å². The summed E-state index contributed by atoms with van der Waals surface area (Å²) >= 11 is 0. The maximum atomic E-state index is 13.3. The highest BCUT2D eigenvalue weighted by atomic mass is 16.5. The average molecular weight is 403 g/mol. The SMILES string of the molecule is COC(=O)c1c(N(C)C)[nH]c2c1c(=O)n(C=CO)c1ccc(-c3ccccc3)cc21. The van der Waals surface area contributed by atoms with Crippen LogP contribution in [0.4, 0.5) is 5.82 Å². The van der Waals surface area contributed by atoms with Gasteiger partial charge in [0.1, 0.15) is 11.4 Å². The van der Waals surface area contributed by atoms with Crippen LogP contribution in [0.1, 0.15) is 10.4 Å². The van der Waals surface area contributed by atoms with Gasteiger partial charge in [-0.15, -0.1) is 0 Å². The molecule has 2 N–H and O–H groups in total. The molecule has 0 bridgehead atoms. The second-order valence-electron chi connectivity index (χ2n) is 7.06. The number of fused-ring (bicyclic) bond motifs is 3. The number of carbonyl (C=O) groups excluding carboxylic acids is 1. The molecule has 30 heavy (non-hydrogen) atoms. The van der Waals surface area contributed by atoms with E-state index in [0.29, 0.717) is 16.9 Å². The van der Waals surface area contributed by atoms with Crippen LogP contribution in [-0.4, -0.2) is 41.8 Å². The number of aromatic amines is 1. The molecule has 4 rings (SSSR count). The summed E-state index contributed by atoms with van der Waals surface area (Å²) in [6.45, 7) is 0. The van der Waals surface area contributed by atoms with Gasteiger partial charge in [-0.2, -0.15) is 0 Å². The van der Waals surface area contributed by atoms with Crippen molar-refractivity contribution in [2.24, 2.45) is 0 Å². The molecule has 7 heteroatoms. The highest BCUT2D eigenvalue weighted by Crippen LogP contribution is 2.33. The van der Waals surface area contributed by atoms with Crippen molar-refractivity contribution >= 4 is 39.8 Å². The molecule has 0 aliphatic rings. The van der Waals surface area contributed by atoms with E-state index in [2.05, 4.69) is 4.98 Å². The molecule has 0 spiro atoms. The summed E-state index contributed by atoms with van der Waals surface area (Å²) in [5, 5.41) is 10.3. The van der Waals surface area contributed by atoms with Gasteiger partial charge in [0.2, 0.25) is 0 Å². The number of rotatable bonds is 4. The van der Waals surface area contributed by atoms with Crippen molar-refractivity contribution in [2.45, 2.75) is 0 Å². The molecule has 0 unspecified atom stereocenters. The van der Waals surface area contributed by atoms with Gasteiger partial charge in [-0.3, -0.25) is 9.36 Å². The van der Waals surface area contributed by atoms with Crippen molar-refractivity contribution in [3.8, 4) is 11.1 Å². The van der Waals surface area contributed by atoms with Crippen LogP contribution >= 0.6 is 0 Å². The largest absolute Gasteiger partial charge is 0.514 e. The lowest BCUT2D eigenvalue weighted by Crippen LogP contribution is -2.19. The zero-order valence-electron chi connectivity index (χ0n) is 16.8. The standard InChI is InChI=1S/C23H21N3O4/c1-25(2)21-19(23(29)30-3)18-20(24-21)16-13-15(14-7-5-4-6-8-14)9-10-17(16)26(11-12-27)22(18)28/h4-13,24,27H,1-3H3. The molecular formula is C23H21N3O4. The fraction of sp³-hybridized carbons (Fsp3) is 0.130. The van der Waals surface area contributed by atoms with Gasteiger partial charge in [0.05, 0.1) is 29.8 Å². The number of aromatic nitrogens is 2. The summed E-state index contributed by atoms with van der Waals surface area (Å²) < 4.78 is 6.28. The quantitative estimate of drug-likeness (QED) is 0.397. The molecule has 2 aromatic carbocycles. The number of esters is 1. The Balaban J connectivity index is 2.20. The van der Waals surface area contributed by atoms with E-state index in [1.54, 1.807) is 19.0 Å². The average Bonchev–Trinajstić information content (AvgIpc) is 3.18. The van der Waals surface area contributed by atoms with E-state index in [1.807, 2.05) is 48.5 Å². The first-order valence-corrected chi connectivity index (χ1v) is 9.33. The Bertz CT molecular complexity index is 1350. The zero-order valence-corrected chi connectivity index (χ0v) is 16.8. The first-order chi connectivity index (χ1) is 14.5. The number of nitrogens with zero attached hydrogens (tertiary/aromatic N) is 2. The van der Waals surface area contributed by atoms with E-state index < -0.39 is 11.5 Å². The molecule has 152 valence electrons. The van der Waals surface area contributed by atoms with E-state index >= 15 is 0 Å². The third-order valence-corrected chi connectivity index (χ3v) is 5.10. The van der Waals surface area contributed by atoms with E-state index in [9.17, 15) is 14.7 Å². The normalized spacial score (nSPS) is 11.4. The predicted molar refractivity (Wildman–Crippen MR) is 119 cm³/mol. The lowest BCUT2D eigenvalue weighted by molar-refractivity contribution is 0.0603. The third kappa shape index (κ3) is 2.91. The van der Waals surface area contributed by atoms with Crippen LogP contribution in [0.3, 0.4) is 0 Å². The van der Waals surface area contributed by atoms with Crippen LogP contribution in [0.25, 0.3) is 39.1 Å². The Kier molecular flexibility index (Phi) is 4.79. The van der Waals surface area contributed by atoms with E-state index in [4.69, 9.17) is 4.74 Å². The summed E-state index contributed by atoms with van der Waals surface area (Å²) in [4.78, 5) is 30.9. The van der Waals surface area contributed by atoms with Gasteiger partial charge < -0.3 is 19.7 Å². The second-order valence-corrected chi connectivity index (χ2v) is 7.06. The first-order valence-electron chi connectivity index (χ1n) is 9.33. The molecule has 0 saturated heterocycles. The topological polar surface area (TPSA) is 87.6 Å². The summed E-state index contributed by atoms with van der Waals surface area (Å²) in [6, 6.07) is 15.6. The van der Waals surface area contributed by atoms with Crippen molar-refractivity contribution in [3.05, 3.63) is 70.7 Å². The minimum absolute atomic E-state index is 0.162. The number of pyridine rings is 1. The minimum atomic E-state index is -0.611. The third-order valence-electron chi connectivity index (χ3n) is 5.10. The van der Waals surface area contributed by atoms with Crippen LogP contribution in [0.15, 0.2) is 59.6 Å². The van der Waals surface area contributed by atoms with Crippen molar-refractivity contribution in [3.63, 3.8) is 0 Å². The van der Waals surface area contributed by atoms with E-state index in [-0.39, 0.29) is 10.9 Å². The monoisotopic (exact) mass is 403 g/mol. The highest BCUT2D eigenvalue weighted by molar-refractivity contribution is 6.16. The Hall–Kier alpha value is -4.00. The zero-order chi connectivity index (χ0) is 21.4. The molecule has 4 aromatic rings.